The van der Waals surface area contributed by atoms with Crippen LogP contribution in [0.25, 0.3) is 0 Å². The van der Waals surface area contributed by atoms with E-state index in [0.717, 1.165) is 19.4 Å². The molecule has 0 radical (unpaired) electrons. The average molecular weight is 243 g/mol. The third kappa shape index (κ3) is 2.61. The highest BCUT2D eigenvalue weighted by Crippen LogP contribution is 2.41. The summed E-state index contributed by atoms with van der Waals surface area (Å²) in [5.74, 6) is 0.137. The van der Waals surface area contributed by atoms with E-state index in [9.17, 15) is 4.79 Å². The molecule has 1 aliphatic heterocycles. The Kier molecular flexibility index (Phi) is 4.01. The van der Waals surface area contributed by atoms with Crippen LogP contribution in [0.1, 0.15) is 19.8 Å². The Morgan fingerprint density at radius 1 is 1.47 bits per heavy atom. The van der Waals surface area contributed by atoms with Crippen molar-refractivity contribution in [1.29, 1.82) is 0 Å². The molecule has 0 aromatic rings. The van der Waals surface area contributed by atoms with Crippen LogP contribution in [-0.2, 0) is 19.0 Å². The molecule has 5 nitrogen and oxygen atoms in total. The number of hydrogen-bond donors (Lipinski definition) is 1. The fraction of sp³-hybridized carbons (Fsp3) is 0.917. The molecule has 0 bridgehead atoms. The van der Waals surface area contributed by atoms with Gasteiger partial charge in [0, 0.05) is 0 Å². The lowest BCUT2D eigenvalue weighted by molar-refractivity contribution is -0.166. The number of likely N-dealkylation sites (N-methyl/N-ethyl adjacent to an activating group) is 1. The van der Waals surface area contributed by atoms with Gasteiger partial charge in [0.25, 0.3) is 0 Å². The minimum atomic E-state index is -0.654. The second-order valence-corrected chi connectivity index (χ2v) is 4.74. The van der Waals surface area contributed by atoms with Crippen molar-refractivity contribution in [3.8, 4) is 0 Å². The molecule has 1 atom stereocenters. The normalized spacial score (nSPS) is 23.9. The summed E-state index contributed by atoms with van der Waals surface area (Å²) >= 11 is 0. The van der Waals surface area contributed by atoms with Crippen molar-refractivity contribution < 1.29 is 19.0 Å². The highest BCUT2D eigenvalue weighted by Gasteiger charge is 2.52. The summed E-state index contributed by atoms with van der Waals surface area (Å²) in [5, 5.41) is 3.27. The van der Waals surface area contributed by atoms with Gasteiger partial charge in [0.15, 0.2) is 0 Å². The van der Waals surface area contributed by atoms with Gasteiger partial charge >= 0.3 is 5.97 Å². The van der Waals surface area contributed by atoms with E-state index in [1.165, 1.54) is 7.11 Å². The summed E-state index contributed by atoms with van der Waals surface area (Å²) in [6.07, 6.45) is 2.26. The second-order valence-electron chi connectivity index (χ2n) is 4.74. The number of esters is 1. The highest BCUT2D eigenvalue weighted by atomic mass is 16.6. The first-order valence-electron chi connectivity index (χ1n) is 6.25. The highest BCUT2D eigenvalue weighted by molar-refractivity contribution is 5.82. The number of carbonyl (C=O) groups excluding carboxylic acids is 1. The molecule has 1 aliphatic carbocycles. The molecular formula is C12H21NO4. The van der Waals surface area contributed by atoms with E-state index >= 15 is 0 Å². The molecule has 1 heterocycles. The molecule has 0 aromatic carbocycles. The first-order chi connectivity index (χ1) is 8.23. The van der Waals surface area contributed by atoms with Crippen LogP contribution in [0.3, 0.4) is 0 Å². The smallest absolute Gasteiger partial charge is 0.328 e. The Bertz CT molecular complexity index is 276. The van der Waals surface area contributed by atoms with Crippen LogP contribution in [0.5, 0.6) is 0 Å². The van der Waals surface area contributed by atoms with Crippen molar-refractivity contribution in [2.45, 2.75) is 31.4 Å². The number of methoxy groups -OCH3 is 1. The Labute approximate surface area is 102 Å². The molecule has 2 fully saturated rings. The maximum atomic E-state index is 12.0. The summed E-state index contributed by atoms with van der Waals surface area (Å²) in [5.41, 5.74) is -0.654. The zero-order valence-corrected chi connectivity index (χ0v) is 10.5. The standard InChI is InChI=1S/C12H21NO4/c1-3-13-12(9-4-5-9,11(14)15-2)8-17-10-6-16-7-10/h9-10,13H,3-8H2,1-2H3. The number of rotatable bonds is 7. The Hall–Kier alpha value is -0.650. The molecule has 2 rings (SSSR count). The van der Waals surface area contributed by atoms with E-state index in [4.69, 9.17) is 14.2 Å². The molecule has 0 amide bonds. The van der Waals surface area contributed by atoms with Crippen LogP contribution >= 0.6 is 0 Å². The lowest BCUT2D eigenvalue weighted by Crippen LogP contribution is -2.59. The summed E-state index contributed by atoms with van der Waals surface area (Å²) in [6, 6.07) is 0. The first kappa shape index (κ1) is 12.8. The summed E-state index contributed by atoms with van der Waals surface area (Å²) in [4.78, 5) is 12.0. The van der Waals surface area contributed by atoms with Crippen molar-refractivity contribution in [2.24, 2.45) is 5.92 Å². The number of hydrogen-bond acceptors (Lipinski definition) is 5. The Morgan fingerprint density at radius 2 is 2.18 bits per heavy atom. The van der Waals surface area contributed by atoms with Gasteiger partial charge < -0.3 is 14.2 Å². The number of nitrogens with one attached hydrogen (secondary N) is 1. The Balaban J connectivity index is 1.99. The number of ether oxygens (including phenoxy) is 3. The van der Waals surface area contributed by atoms with E-state index < -0.39 is 5.54 Å². The minimum Gasteiger partial charge on any atom is -0.468 e. The fourth-order valence-electron chi connectivity index (χ4n) is 2.24. The predicted molar refractivity (Wildman–Crippen MR) is 61.7 cm³/mol. The predicted octanol–water partition coefficient (Wildman–Crippen LogP) is 0.333. The van der Waals surface area contributed by atoms with E-state index in [-0.39, 0.29) is 12.1 Å². The molecule has 1 N–H and O–H groups in total. The lowest BCUT2D eigenvalue weighted by atomic mass is 9.94. The molecule has 0 spiro atoms. The van der Waals surface area contributed by atoms with Gasteiger partial charge in [-0.15, -0.1) is 0 Å². The molecule has 5 heteroatoms. The third-order valence-electron chi connectivity index (χ3n) is 3.47. The van der Waals surface area contributed by atoms with Crippen LogP contribution in [0, 0.1) is 5.92 Å². The SMILES string of the molecule is CCNC(COC1COC1)(C(=O)OC)C1CC1. The zero-order valence-electron chi connectivity index (χ0n) is 10.5. The topological polar surface area (TPSA) is 56.8 Å². The van der Waals surface area contributed by atoms with Crippen LogP contribution in [0.2, 0.25) is 0 Å². The van der Waals surface area contributed by atoms with Crippen molar-refractivity contribution in [1.82, 2.24) is 5.32 Å². The van der Waals surface area contributed by atoms with Gasteiger partial charge in [-0.1, -0.05) is 6.92 Å². The van der Waals surface area contributed by atoms with Crippen molar-refractivity contribution >= 4 is 5.97 Å². The van der Waals surface area contributed by atoms with Crippen LogP contribution in [0.15, 0.2) is 0 Å². The minimum absolute atomic E-state index is 0.136. The van der Waals surface area contributed by atoms with Crippen LogP contribution in [0.4, 0.5) is 0 Å². The zero-order chi connectivity index (χ0) is 12.3. The summed E-state index contributed by atoms with van der Waals surface area (Å²) in [6.45, 7) is 4.37. The Morgan fingerprint density at radius 3 is 2.59 bits per heavy atom. The molecule has 1 saturated carbocycles. The van der Waals surface area contributed by atoms with Crippen molar-refractivity contribution in [3.05, 3.63) is 0 Å². The van der Waals surface area contributed by atoms with Crippen molar-refractivity contribution in [2.75, 3.05) is 33.5 Å². The van der Waals surface area contributed by atoms with Gasteiger partial charge in [-0.25, -0.2) is 4.79 Å². The van der Waals surface area contributed by atoms with Gasteiger partial charge in [-0.2, -0.15) is 0 Å². The van der Waals surface area contributed by atoms with Crippen molar-refractivity contribution in [3.63, 3.8) is 0 Å². The van der Waals surface area contributed by atoms with E-state index in [1.807, 2.05) is 6.92 Å². The molecule has 1 unspecified atom stereocenters. The maximum Gasteiger partial charge on any atom is 0.328 e. The maximum absolute atomic E-state index is 12.0. The van der Waals surface area contributed by atoms with Crippen LogP contribution in [-0.4, -0.2) is 51.1 Å². The first-order valence-corrected chi connectivity index (χ1v) is 6.25. The van der Waals surface area contributed by atoms with Gasteiger partial charge in [-0.05, 0) is 25.3 Å². The quantitative estimate of drug-likeness (QED) is 0.653. The molecule has 2 aliphatic rings. The summed E-state index contributed by atoms with van der Waals surface area (Å²) in [7, 11) is 1.43. The molecule has 98 valence electrons. The third-order valence-corrected chi connectivity index (χ3v) is 3.47. The molecule has 1 saturated heterocycles. The molecular weight excluding hydrogens is 222 g/mol. The van der Waals surface area contributed by atoms with E-state index in [2.05, 4.69) is 5.32 Å². The average Bonchev–Trinajstić information content (AvgIpc) is 3.08. The van der Waals surface area contributed by atoms with E-state index in [1.54, 1.807) is 0 Å². The monoisotopic (exact) mass is 243 g/mol. The van der Waals surface area contributed by atoms with Gasteiger partial charge in [0.2, 0.25) is 0 Å². The molecule has 0 aromatic heterocycles. The second kappa shape index (κ2) is 5.33. The lowest BCUT2D eigenvalue weighted by Gasteiger charge is -2.35. The van der Waals surface area contributed by atoms with Gasteiger partial charge in [0.1, 0.15) is 11.6 Å². The number of carbonyl (C=O) groups is 1. The van der Waals surface area contributed by atoms with Gasteiger partial charge in [-0.3, -0.25) is 5.32 Å². The largest absolute Gasteiger partial charge is 0.468 e. The van der Waals surface area contributed by atoms with Crippen LogP contribution < -0.4 is 5.32 Å². The van der Waals surface area contributed by atoms with Gasteiger partial charge in [0.05, 0.1) is 26.9 Å². The molecule has 17 heavy (non-hydrogen) atoms. The van der Waals surface area contributed by atoms with E-state index in [0.29, 0.717) is 25.7 Å². The fourth-order valence-corrected chi connectivity index (χ4v) is 2.24. The summed E-state index contributed by atoms with van der Waals surface area (Å²) < 4.78 is 15.7.